The van der Waals surface area contributed by atoms with Crippen molar-refractivity contribution in [1.29, 1.82) is 0 Å². The predicted molar refractivity (Wildman–Crippen MR) is 92.8 cm³/mol. The van der Waals surface area contributed by atoms with Crippen molar-refractivity contribution >= 4 is 15.8 Å². The maximum atomic E-state index is 11.8. The Morgan fingerprint density at radius 2 is 1.85 bits per heavy atom. The van der Waals surface area contributed by atoms with Gasteiger partial charge < -0.3 is 14.4 Å². The summed E-state index contributed by atoms with van der Waals surface area (Å²) in [5, 5.41) is 12.6. The normalized spacial score (nSPS) is 11.3. The van der Waals surface area contributed by atoms with Gasteiger partial charge in [-0.05, 0) is 30.3 Å². The Labute approximate surface area is 149 Å². The van der Waals surface area contributed by atoms with Crippen LogP contribution in [-0.2, 0) is 16.4 Å². The number of hydrogen-bond acceptors (Lipinski definition) is 6. The molecule has 7 nitrogen and oxygen atoms in total. The molecule has 0 radical (unpaired) electrons. The van der Waals surface area contributed by atoms with E-state index < -0.39 is 15.8 Å². The lowest BCUT2D eigenvalue weighted by Crippen LogP contribution is -2.05. The number of hydrogen-bond donors (Lipinski definition) is 1. The summed E-state index contributed by atoms with van der Waals surface area (Å²) < 4.78 is 34.0. The van der Waals surface area contributed by atoms with Crippen molar-refractivity contribution in [3.8, 4) is 17.0 Å². The van der Waals surface area contributed by atoms with E-state index in [9.17, 15) is 13.2 Å². The molecular formula is C18H15NO6S. The molecule has 1 heterocycles. The number of benzene rings is 2. The largest absolute Gasteiger partial charge is 0.489 e. The van der Waals surface area contributed by atoms with Crippen LogP contribution in [0.5, 0.6) is 5.75 Å². The summed E-state index contributed by atoms with van der Waals surface area (Å²) in [5.74, 6) is -0.884. The van der Waals surface area contributed by atoms with Gasteiger partial charge >= 0.3 is 5.97 Å². The molecule has 2 aromatic carbocycles. The topological polar surface area (TPSA) is 107 Å². The van der Waals surface area contributed by atoms with Crippen molar-refractivity contribution in [2.45, 2.75) is 11.5 Å². The van der Waals surface area contributed by atoms with Gasteiger partial charge in [-0.2, -0.15) is 0 Å². The van der Waals surface area contributed by atoms with E-state index >= 15 is 0 Å². The molecule has 0 saturated carbocycles. The van der Waals surface area contributed by atoms with Gasteiger partial charge in [-0.1, -0.05) is 23.4 Å². The Kier molecular flexibility index (Phi) is 4.77. The minimum Gasteiger partial charge on any atom is -0.489 e. The molecule has 0 saturated heterocycles. The van der Waals surface area contributed by atoms with Crippen LogP contribution in [0.2, 0.25) is 0 Å². The number of carbonyl (C=O) groups is 1. The highest BCUT2D eigenvalue weighted by molar-refractivity contribution is 7.90. The van der Waals surface area contributed by atoms with Gasteiger partial charge in [0.1, 0.15) is 18.1 Å². The van der Waals surface area contributed by atoms with Crippen LogP contribution in [0.4, 0.5) is 0 Å². The second kappa shape index (κ2) is 7.01. The monoisotopic (exact) mass is 373 g/mol. The van der Waals surface area contributed by atoms with Gasteiger partial charge in [-0.25, -0.2) is 13.2 Å². The maximum absolute atomic E-state index is 11.8. The highest BCUT2D eigenvalue weighted by Gasteiger charge is 2.14. The molecule has 0 aliphatic carbocycles. The first-order valence-corrected chi connectivity index (χ1v) is 9.45. The third kappa shape index (κ3) is 3.92. The number of aromatic carboxylic acids is 1. The number of nitrogens with zero attached hydrogens (tertiary/aromatic N) is 1. The molecule has 3 rings (SSSR count). The second-order valence-corrected chi connectivity index (χ2v) is 7.56. The summed E-state index contributed by atoms with van der Waals surface area (Å²) in [6.07, 6.45) is 1.16. The van der Waals surface area contributed by atoms with Gasteiger partial charge in [0, 0.05) is 23.4 Å². The summed E-state index contributed by atoms with van der Waals surface area (Å²) in [6.45, 7) is 0.107. The molecule has 0 bridgehead atoms. The van der Waals surface area contributed by atoms with Gasteiger partial charge in [0.05, 0.1) is 4.90 Å². The highest BCUT2D eigenvalue weighted by atomic mass is 32.2. The minimum absolute atomic E-state index is 0.107. The summed E-state index contributed by atoms with van der Waals surface area (Å²) in [7, 11) is -3.33. The van der Waals surface area contributed by atoms with E-state index in [-0.39, 0.29) is 17.3 Å². The lowest BCUT2D eigenvalue weighted by molar-refractivity contribution is 0.0652. The van der Waals surface area contributed by atoms with Crippen molar-refractivity contribution < 1.29 is 27.6 Å². The average molecular weight is 373 g/mol. The molecule has 1 aromatic heterocycles. The molecule has 3 aromatic rings. The quantitative estimate of drug-likeness (QED) is 0.708. The van der Waals surface area contributed by atoms with Crippen molar-refractivity contribution in [2.75, 3.05) is 6.26 Å². The number of rotatable bonds is 6. The zero-order valence-electron chi connectivity index (χ0n) is 13.7. The van der Waals surface area contributed by atoms with Crippen LogP contribution in [0.15, 0.2) is 64.0 Å². The van der Waals surface area contributed by atoms with E-state index in [1.54, 1.807) is 48.5 Å². The fourth-order valence-corrected chi connectivity index (χ4v) is 3.31. The molecule has 0 spiro atoms. The fraction of sp³-hybridized carbons (Fsp3) is 0.111. The Hall–Kier alpha value is -3.13. The first-order chi connectivity index (χ1) is 12.3. The zero-order chi connectivity index (χ0) is 18.7. The van der Waals surface area contributed by atoms with E-state index in [1.165, 1.54) is 6.07 Å². The highest BCUT2D eigenvalue weighted by Crippen LogP contribution is 2.24. The Morgan fingerprint density at radius 3 is 2.46 bits per heavy atom. The molecular weight excluding hydrogens is 358 g/mol. The number of aromatic nitrogens is 1. The predicted octanol–water partition coefficient (Wildman–Crippen LogP) is 3.02. The number of carboxylic acid groups (broad SMARTS) is 1. The van der Waals surface area contributed by atoms with Crippen LogP contribution >= 0.6 is 0 Å². The maximum Gasteiger partial charge on any atom is 0.374 e. The molecule has 26 heavy (non-hydrogen) atoms. The van der Waals surface area contributed by atoms with Gasteiger partial charge in [0.25, 0.3) is 0 Å². The van der Waals surface area contributed by atoms with Crippen LogP contribution in [0.1, 0.15) is 16.1 Å². The van der Waals surface area contributed by atoms with Gasteiger partial charge in [-0.3, -0.25) is 0 Å². The lowest BCUT2D eigenvalue weighted by atomic mass is 10.1. The SMILES string of the molecule is CS(=O)(=O)c1ccccc1COc1ccc(-c2cc(C(=O)O)on2)cc1. The number of carboxylic acids is 1. The van der Waals surface area contributed by atoms with Crippen LogP contribution in [0.25, 0.3) is 11.3 Å². The molecule has 0 fully saturated rings. The lowest BCUT2D eigenvalue weighted by Gasteiger charge is -2.10. The summed E-state index contributed by atoms with van der Waals surface area (Å²) >= 11 is 0. The second-order valence-electron chi connectivity index (χ2n) is 5.57. The van der Waals surface area contributed by atoms with E-state index in [4.69, 9.17) is 14.4 Å². The molecule has 1 N–H and O–H groups in total. The van der Waals surface area contributed by atoms with Gasteiger partial charge in [-0.15, -0.1) is 0 Å². The van der Waals surface area contributed by atoms with Crippen LogP contribution in [-0.4, -0.2) is 30.9 Å². The first-order valence-electron chi connectivity index (χ1n) is 7.56. The molecule has 0 aliphatic heterocycles. The van der Waals surface area contributed by atoms with Crippen molar-refractivity contribution in [3.63, 3.8) is 0 Å². The average Bonchev–Trinajstić information content (AvgIpc) is 3.10. The van der Waals surface area contributed by atoms with Crippen LogP contribution < -0.4 is 4.74 Å². The van der Waals surface area contributed by atoms with Crippen molar-refractivity contribution in [1.82, 2.24) is 5.16 Å². The van der Waals surface area contributed by atoms with E-state index in [2.05, 4.69) is 5.16 Å². The Bertz CT molecular complexity index is 1040. The molecule has 0 aliphatic rings. The van der Waals surface area contributed by atoms with Crippen LogP contribution in [0, 0.1) is 0 Å². The van der Waals surface area contributed by atoms with Gasteiger partial charge in [0.15, 0.2) is 9.84 Å². The Balaban J connectivity index is 1.73. The molecule has 0 atom stereocenters. The van der Waals surface area contributed by atoms with Gasteiger partial charge in [0.2, 0.25) is 5.76 Å². The standard InChI is InChI=1S/C18H15NO6S/c1-26(22,23)17-5-3-2-4-13(17)11-24-14-8-6-12(7-9-14)15-10-16(18(20)21)25-19-15/h2-10H,11H2,1H3,(H,20,21). The van der Waals surface area contributed by atoms with E-state index in [0.717, 1.165) is 6.26 Å². The molecule has 134 valence electrons. The molecule has 8 heteroatoms. The fourth-order valence-electron chi connectivity index (χ4n) is 2.38. The van der Waals surface area contributed by atoms with Crippen molar-refractivity contribution in [3.05, 3.63) is 65.9 Å². The first kappa shape index (κ1) is 17.7. The minimum atomic E-state index is -3.33. The summed E-state index contributed by atoms with van der Waals surface area (Å²) in [4.78, 5) is 11.1. The van der Waals surface area contributed by atoms with Crippen LogP contribution in [0.3, 0.4) is 0 Å². The van der Waals surface area contributed by atoms with E-state index in [0.29, 0.717) is 22.6 Å². The number of sulfone groups is 1. The summed E-state index contributed by atoms with van der Waals surface area (Å²) in [6, 6.07) is 14.8. The third-order valence-electron chi connectivity index (χ3n) is 3.64. The van der Waals surface area contributed by atoms with Crippen molar-refractivity contribution in [2.24, 2.45) is 0 Å². The Morgan fingerprint density at radius 1 is 1.15 bits per heavy atom. The smallest absolute Gasteiger partial charge is 0.374 e. The third-order valence-corrected chi connectivity index (χ3v) is 4.83. The summed E-state index contributed by atoms with van der Waals surface area (Å²) in [5.41, 5.74) is 1.64. The molecule has 0 amide bonds. The number of ether oxygens (including phenoxy) is 1. The molecule has 0 unspecified atom stereocenters. The van der Waals surface area contributed by atoms with E-state index in [1.807, 2.05) is 0 Å². The zero-order valence-corrected chi connectivity index (χ0v) is 14.6.